The zero-order valence-corrected chi connectivity index (χ0v) is 14.6. The molecule has 1 fully saturated rings. The van der Waals surface area contributed by atoms with Gasteiger partial charge in [0.25, 0.3) is 10.1 Å². The Morgan fingerprint density at radius 3 is 2.59 bits per heavy atom. The van der Waals surface area contributed by atoms with Gasteiger partial charge in [0.15, 0.2) is 0 Å². The summed E-state index contributed by atoms with van der Waals surface area (Å²) in [5, 5.41) is 2.69. The molecule has 2 atom stereocenters. The number of carbonyl (C=O) groups is 1. The van der Waals surface area contributed by atoms with E-state index in [9.17, 15) is 13.2 Å². The van der Waals surface area contributed by atoms with Gasteiger partial charge >= 0.3 is 6.09 Å². The molecule has 7 nitrogen and oxygen atoms in total. The van der Waals surface area contributed by atoms with Gasteiger partial charge in [-0.3, -0.25) is 4.18 Å². The summed E-state index contributed by atoms with van der Waals surface area (Å²) in [6, 6.07) is -0.434. The van der Waals surface area contributed by atoms with E-state index < -0.39 is 27.9 Å². The first-order chi connectivity index (χ1) is 10.1. The van der Waals surface area contributed by atoms with Crippen LogP contribution in [0.2, 0.25) is 0 Å². The van der Waals surface area contributed by atoms with Crippen molar-refractivity contribution in [3.05, 3.63) is 0 Å². The summed E-state index contributed by atoms with van der Waals surface area (Å²) in [4.78, 5) is 11.9. The van der Waals surface area contributed by atoms with Gasteiger partial charge in [0, 0.05) is 13.2 Å². The van der Waals surface area contributed by atoms with Gasteiger partial charge in [-0.1, -0.05) is 0 Å². The standard InChI is InChI=1S/C14H27NO6S/c1-14(2,3)21-13(16)15-12(10-20-22(4,17)18)8-11-6-5-7-19-9-11/h11-12H,5-10H2,1-4H3,(H,15,16). The minimum Gasteiger partial charge on any atom is -0.444 e. The second-order valence-corrected chi connectivity index (χ2v) is 8.29. The highest BCUT2D eigenvalue weighted by Crippen LogP contribution is 2.19. The monoisotopic (exact) mass is 337 g/mol. The smallest absolute Gasteiger partial charge is 0.407 e. The number of hydrogen-bond donors (Lipinski definition) is 1. The van der Waals surface area contributed by atoms with Gasteiger partial charge in [0.2, 0.25) is 0 Å². The van der Waals surface area contributed by atoms with Crippen molar-refractivity contribution in [1.29, 1.82) is 0 Å². The first-order valence-corrected chi connectivity index (χ1v) is 9.28. The van der Waals surface area contributed by atoms with E-state index in [-0.39, 0.29) is 12.5 Å². The zero-order valence-electron chi connectivity index (χ0n) is 13.8. The van der Waals surface area contributed by atoms with Crippen molar-refractivity contribution in [2.75, 3.05) is 26.1 Å². The average molecular weight is 337 g/mol. The highest BCUT2D eigenvalue weighted by Gasteiger charge is 2.24. The van der Waals surface area contributed by atoms with Crippen LogP contribution in [0.15, 0.2) is 0 Å². The lowest BCUT2D eigenvalue weighted by Crippen LogP contribution is -2.43. The van der Waals surface area contributed by atoms with E-state index in [4.69, 9.17) is 13.7 Å². The lowest BCUT2D eigenvalue weighted by atomic mass is 9.95. The summed E-state index contributed by atoms with van der Waals surface area (Å²) in [7, 11) is -3.55. The normalized spacial score (nSPS) is 21.2. The van der Waals surface area contributed by atoms with Crippen LogP contribution in [-0.4, -0.2) is 52.2 Å². The van der Waals surface area contributed by atoms with Gasteiger partial charge in [-0.15, -0.1) is 0 Å². The molecule has 0 aromatic carbocycles. The van der Waals surface area contributed by atoms with Crippen LogP contribution in [0.4, 0.5) is 4.79 Å². The number of carbonyl (C=O) groups excluding carboxylic acids is 1. The summed E-state index contributed by atoms with van der Waals surface area (Å²) in [6.45, 7) is 6.57. The van der Waals surface area contributed by atoms with Gasteiger partial charge in [0.1, 0.15) is 5.60 Å². The maximum absolute atomic E-state index is 11.9. The molecule has 8 heteroatoms. The predicted octanol–water partition coefficient (Wildman–Crippen LogP) is 1.67. The van der Waals surface area contributed by atoms with Crippen molar-refractivity contribution in [2.45, 2.75) is 51.7 Å². The molecule has 0 radical (unpaired) electrons. The van der Waals surface area contributed by atoms with Gasteiger partial charge in [-0.05, 0) is 46.0 Å². The van der Waals surface area contributed by atoms with Gasteiger partial charge in [-0.25, -0.2) is 4.79 Å². The third kappa shape index (κ3) is 9.22. The fourth-order valence-electron chi connectivity index (χ4n) is 2.24. The van der Waals surface area contributed by atoms with Crippen LogP contribution in [0.25, 0.3) is 0 Å². The van der Waals surface area contributed by atoms with Crippen LogP contribution >= 0.6 is 0 Å². The number of ether oxygens (including phenoxy) is 2. The van der Waals surface area contributed by atoms with Crippen molar-refractivity contribution in [1.82, 2.24) is 5.32 Å². The van der Waals surface area contributed by atoms with Crippen molar-refractivity contribution >= 4 is 16.2 Å². The Bertz CT molecular complexity index is 450. The van der Waals surface area contributed by atoms with E-state index in [0.717, 1.165) is 25.7 Å². The Labute approximate surface area is 132 Å². The fraction of sp³-hybridized carbons (Fsp3) is 0.929. The molecule has 0 bridgehead atoms. The van der Waals surface area contributed by atoms with Crippen LogP contribution in [-0.2, 0) is 23.8 Å². The zero-order chi connectivity index (χ0) is 16.8. The SMILES string of the molecule is CC(C)(C)OC(=O)NC(COS(C)(=O)=O)CC1CCCOC1. The number of rotatable bonds is 6. The molecule has 0 spiro atoms. The number of amides is 1. The fourth-order valence-corrected chi connectivity index (χ4v) is 2.66. The van der Waals surface area contributed by atoms with Crippen molar-refractivity contribution in [3.63, 3.8) is 0 Å². The van der Waals surface area contributed by atoms with Crippen LogP contribution in [0.1, 0.15) is 40.0 Å². The van der Waals surface area contributed by atoms with Crippen molar-refractivity contribution < 1.29 is 26.9 Å². The predicted molar refractivity (Wildman–Crippen MR) is 82.1 cm³/mol. The first kappa shape index (κ1) is 19.2. The van der Waals surface area contributed by atoms with Crippen molar-refractivity contribution in [3.8, 4) is 0 Å². The molecule has 1 heterocycles. The molecule has 0 aromatic heterocycles. The molecule has 130 valence electrons. The maximum Gasteiger partial charge on any atom is 0.407 e. The van der Waals surface area contributed by atoms with Gasteiger partial charge in [-0.2, -0.15) is 8.42 Å². The Morgan fingerprint density at radius 2 is 2.09 bits per heavy atom. The van der Waals surface area contributed by atoms with Crippen LogP contribution in [0, 0.1) is 5.92 Å². The molecule has 1 rings (SSSR count). The third-order valence-corrected chi connectivity index (χ3v) is 3.64. The second-order valence-electron chi connectivity index (χ2n) is 6.65. The van der Waals surface area contributed by atoms with Crippen LogP contribution in [0.5, 0.6) is 0 Å². The van der Waals surface area contributed by atoms with Gasteiger partial charge in [0.05, 0.1) is 18.9 Å². The molecule has 1 aliphatic heterocycles. The lowest BCUT2D eigenvalue weighted by Gasteiger charge is -2.28. The van der Waals surface area contributed by atoms with E-state index in [2.05, 4.69) is 5.32 Å². The topological polar surface area (TPSA) is 90.9 Å². The van der Waals surface area contributed by atoms with E-state index >= 15 is 0 Å². The summed E-state index contributed by atoms with van der Waals surface area (Å²) >= 11 is 0. The quantitative estimate of drug-likeness (QED) is 0.742. The number of nitrogens with one attached hydrogen (secondary N) is 1. The Morgan fingerprint density at radius 1 is 1.41 bits per heavy atom. The molecule has 0 aliphatic carbocycles. The molecule has 1 amide bonds. The molecule has 1 N–H and O–H groups in total. The summed E-state index contributed by atoms with van der Waals surface area (Å²) < 4.78 is 37.7. The molecular formula is C14H27NO6S. The Kier molecular flexibility index (Phi) is 7.08. The maximum atomic E-state index is 11.9. The Balaban J connectivity index is 2.57. The van der Waals surface area contributed by atoms with Crippen LogP contribution < -0.4 is 5.32 Å². The minimum absolute atomic E-state index is 0.103. The highest BCUT2D eigenvalue weighted by molar-refractivity contribution is 7.85. The van der Waals surface area contributed by atoms with E-state index in [1.807, 2.05) is 0 Å². The minimum atomic E-state index is -3.55. The Hall–Kier alpha value is -0.860. The van der Waals surface area contributed by atoms with Crippen LogP contribution in [0.3, 0.4) is 0 Å². The first-order valence-electron chi connectivity index (χ1n) is 7.47. The number of hydrogen-bond acceptors (Lipinski definition) is 6. The van der Waals surface area contributed by atoms with E-state index in [1.165, 1.54) is 0 Å². The van der Waals surface area contributed by atoms with E-state index in [0.29, 0.717) is 13.0 Å². The molecule has 2 unspecified atom stereocenters. The highest BCUT2D eigenvalue weighted by atomic mass is 32.2. The summed E-state index contributed by atoms with van der Waals surface area (Å²) in [5.74, 6) is 0.275. The molecule has 22 heavy (non-hydrogen) atoms. The number of alkyl carbamates (subject to hydrolysis) is 1. The largest absolute Gasteiger partial charge is 0.444 e. The van der Waals surface area contributed by atoms with Crippen molar-refractivity contribution in [2.24, 2.45) is 5.92 Å². The van der Waals surface area contributed by atoms with E-state index in [1.54, 1.807) is 20.8 Å². The molecule has 1 saturated heterocycles. The molecule has 0 aromatic rings. The summed E-state index contributed by atoms with van der Waals surface area (Å²) in [5.41, 5.74) is -0.611. The third-order valence-electron chi connectivity index (χ3n) is 3.08. The summed E-state index contributed by atoms with van der Waals surface area (Å²) in [6.07, 6.45) is 2.96. The second kappa shape index (κ2) is 8.12. The molecule has 0 saturated carbocycles. The lowest BCUT2D eigenvalue weighted by molar-refractivity contribution is 0.0355. The molecule has 1 aliphatic rings. The molecular weight excluding hydrogens is 310 g/mol. The van der Waals surface area contributed by atoms with Gasteiger partial charge < -0.3 is 14.8 Å². The average Bonchev–Trinajstić information content (AvgIpc) is 2.34.